The summed E-state index contributed by atoms with van der Waals surface area (Å²) in [4.78, 5) is 0. The van der Waals surface area contributed by atoms with Gasteiger partial charge in [-0.05, 0) is 37.3 Å². The predicted molar refractivity (Wildman–Crippen MR) is 64.2 cm³/mol. The van der Waals surface area contributed by atoms with Crippen molar-refractivity contribution in [1.29, 1.82) is 0 Å². The van der Waals surface area contributed by atoms with Crippen molar-refractivity contribution in [2.45, 2.75) is 38.6 Å². The van der Waals surface area contributed by atoms with E-state index in [1.54, 1.807) is 12.1 Å². The van der Waals surface area contributed by atoms with E-state index in [0.29, 0.717) is 11.3 Å². The smallest absolute Gasteiger partial charge is 0.168 e. The molecule has 0 bridgehead atoms. The topological polar surface area (TPSA) is 35.2 Å². The van der Waals surface area contributed by atoms with Crippen LogP contribution in [-0.4, -0.2) is 13.2 Å². The number of halogens is 1. The lowest BCUT2D eigenvalue weighted by molar-refractivity contribution is 0.383. The van der Waals surface area contributed by atoms with Crippen LogP contribution < -0.4 is 10.5 Å². The Kier molecular flexibility index (Phi) is 5.26. The molecule has 0 aromatic heterocycles. The Morgan fingerprint density at radius 3 is 2.81 bits per heavy atom. The van der Waals surface area contributed by atoms with Gasteiger partial charge in [-0.25, -0.2) is 4.39 Å². The number of nitrogens with two attached hydrogens (primary N) is 1. The molecule has 0 aliphatic rings. The van der Waals surface area contributed by atoms with Gasteiger partial charge in [0.15, 0.2) is 11.6 Å². The zero-order valence-corrected chi connectivity index (χ0v) is 10.0. The van der Waals surface area contributed by atoms with E-state index in [1.165, 1.54) is 7.11 Å². The minimum Gasteiger partial charge on any atom is -0.494 e. The van der Waals surface area contributed by atoms with Crippen LogP contribution in [0.3, 0.4) is 0 Å². The number of hydrogen-bond donors (Lipinski definition) is 1. The molecule has 0 spiro atoms. The van der Waals surface area contributed by atoms with Crippen molar-refractivity contribution in [2.24, 2.45) is 5.73 Å². The van der Waals surface area contributed by atoms with Gasteiger partial charge in [-0.3, -0.25) is 0 Å². The van der Waals surface area contributed by atoms with Crippen LogP contribution in [0.2, 0.25) is 0 Å². The van der Waals surface area contributed by atoms with E-state index in [0.717, 1.165) is 25.7 Å². The van der Waals surface area contributed by atoms with Crippen LogP contribution in [0.4, 0.5) is 4.39 Å². The van der Waals surface area contributed by atoms with Crippen molar-refractivity contribution in [3.05, 3.63) is 29.6 Å². The number of rotatable bonds is 6. The highest BCUT2D eigenvalue weighted by Crippen LogP contribution is 2.21. The summed E-state index contributed by atoms with van der Waals surface area (Å²) in [6.45, 7) is 2.07. The van der Waals surface area contributed by atoms with Gasteiger partial charge < -0.3 is 10.5 Å². The average molecular weight is 225 g/mol. The van der Waals surface area contributed by atoms with Crippen LogP contribution in [-0.2, 0) is 6.42 Å². The quantitative estimate of drug-likeness (QED) is 0.808. The monoisotopic (exact) mass is 225 g/mol. The first-order valence-electron chi connectivity index (χ1n) is 5.76. The molecule has 0 saturated heterocycles. The summed E-state index contributed by atoms with van der Waals surface area (Å²) in [6.07, 6.45) is 3.55. The molecular weight excluding hydrogens is 205 g/mol. The SMILES string of the molecule is CCC(N)CCCc1cccc(OC)c1F. The number of aryl methyl sites for hydroxylation is 1. The third kappa shape index (κ3) is 3.49. The fourth-order valence-corrected chi connectivity index (χ4v) is 1.67. The van der Waals surface area contributed by atoms with E-state index in [9.17, 15) is 4.39 Å². The summed E-state index contributed by atoms with van der Waals surface area (Å²) in [7, 11) is 1.48. The Labute approximate surface area is 96.6 Å². The summed E-state index contributed by atoms with van der Waals surface area (Å²) in [6, 6.07) is 5.48. The number of methoxy groups -OCH3 is 1. The Bertz CT molecular complexity index is 328. The molecule has 0 saturated carbocycles. The second-order valence-electron chi connectivity index (χ2n) is 3.99. The van der Waals surface area contributed by atoms with Crippen molar-refractivity contribution >= 4 is 0 Å². The summed E-state index contributed by atoms with van der Waals surface area (Å²) in [5, 5.41) is 0. The molecule has 90 valence electrons. The fraction of sp³-hybridized carbons (Fsp3) is 0.538. The highest BCUT2D eigenvalue weighted by atomic mass is 19.1. The molecule has 2 N–H and O–H groups in total. The lowest BCUT2D eigenvalue weighted by atomic mass is 10.0. The van der Waals surface area contributed by atoms with Crippen molar-refractivity contribution in [3.63, 3.8) is 0 Å². The molecule has 0 fully saturated rings. The van der Waals surface area contributed by atoms with Crippen molar-refractivity contribution in [2.75, 3.05) is 7.11 Å². The van der Waals surface area contributed by atoms with Gasteiger partial charge in [0, 0.05) is 6.04 Å². The Hall–Kier alpha value is -1.09. The maximum Gasteiger partial charge on any atom is 0.168 e. The molecule has 2 nitrogen and oxygen atoms in total. The summed E-state index contributed by atoms with van der Waals surface area (Å²) in [5.74, 6) is 0.0763. The molecule has 0 aliphatic heterocycles. The maximum atomic E-state index is 13.7. The van der Waals surface area contributed by atoms with E-state index in [1.807, 2.05) is 6.07 Å². The minimum atomic E-state index is -0.241. The van der Waals surface area contributed by atoms with Gasteiger partial charge in [0.05, 0.1) is 7.11 Å². The van der Waals surface area contributed by atoms with Gasteiger partial charge >= 0.3 is 0 Å². The Balaban J connectivity index is 2.54. The van der Waals surface area contributed by atoms with E-state index >= 15 is 0 Å². The van der Waals surface area contributed by atoms with Gasteiger partial charge in [-0.1, -0.05) is 19.1 Å². The molecule has 1 unspecified atom stereocenters. The molecule has 0 aliphatic carbocycles. The molecular formula is C13H20FNO. The molecule has 0 heterocycles. The van der Waals surface area contributed by atoms with Crippen LogP contribution in [0.5, 0.6) is 5.75 Å². The highest BCUT2D eigenvalue weighted by Gasteiger charge is 2.08. The van der Waals surface area contributed by atoms with Crippen molar-refractivity contribution < 1.29 is 9.13 Å². The van der Waals surface area contributed by atoms with E-state index in [4.69, 9.17) is 10.5 Å². The Morgan fingerprint density at radius 2 is 2.19 bits per heavy atom. The molecule has 0 amide bonds. The van der Waals surface area contributed by atoms with Crippen LogP contribution in [0.1, 0.15) is 31.7 Å². The number of benzene rings is 1. The highest BCUT2D eigenvalue weighted by molar-refractivity contribution is 5.31. The van der Waals surface area contributed by atoms with Crippen LogP contribution in [0, 0.1) is 5.82 Å². The average Bonchev–Trinajstić information content (AvgIpc) is 2.31. The molecule has 0 radical (unpaired) electrons. The lowest BCUT2D eigenvalue weighted by Gasteiger charge is -2.09. The third-order valence-electron chi connectivity index (χ3n) is 2.81. The standard InChI is InChI=1S/C13H20FNO/c1-3-11(15)8-4-6-10-7-5-9-12(16-2)13(10)14/h5,7,9,11H,3-4,6,8,15H2,1-2H3. The maximum absolute atomic E-state index is 13.7. The molecule has 1 atom stereocenters. The van der Waals surface area contributed by atoms with Gasteiger partial charge in [0.1, 0.15) is 0 Å². The molecule has 1 aromatic rings. The van der Waals surface area contributed by atoms with Gasteiger partial charge in [-0.15, -0.1) is 0 Å². The van der Waals surface area contributed by atoms with Gasteiger partial charge in [0.2, 0.25) is 0 Å². The lowest BCUT2D eigenvalue weighted by Crippen LogP contribution is -2.18. The van der Waals surface area contributed by atoms with E-state index < -0.39 is 0 Å². The third-order valence-corrected chi connectivity index (χ3v) is 2.81. The van der Waals surface area contributed by atoms with Gasteiger partial charge in [-0.2, -0.15) is 0 Å². The molecule has 1 aromatic carbocycles. The predicted octanol–water partition coefficient (Wildman–Crippen LogP) is 2.89. The number of ether oxygens (including phenoxy) is 1. The normalized spacial score (nSPS) is 12.5. The second-order valence-corrected chi connectivity index (χ2v) is 3.99. The van der Waals surface area contributed by atoms with Crippen molar-refractivity contribution in [1.82, 2.24) is 0 Å². The second kappa shape index (κ2) is 6.48. The molecule has 1 rings (SSSR count). The van der Waals surface area contributed by atoms with Gasteiger partial charge in [0.25, 0.3) is 0 Å². The zero-order chi connectivity index (χ0) is 12.0. The Morgan fingerprint density at radius 1 is 1.44 bits per heavy atom. The fourth-order valence-electron chi connectivity index (χ4n) is 1.67. The van der Waals surface area contributed by atoms with E-state index in [2.05, 4.69) is 6.92 Å². The van der Waals surface area contributed by atoms with Crippen LogP contribution >= 0.6 is 0 Å². The summed E-state index contributed by atoms with van der Waals surface area (Å²) in [5.41, 5.74) is 6.52. The molecule has 16 heavy (non-hydrogen) atoms. The minimum absolute atomic E-state index is 0.230. The van der Waals surface area contributed by atoms with Crippen LogP contribution in [0.15, 0.2) is 18.2 Å². The van der Waals surface area contributed by atoms with Crippen molar-refractivity contribution in [3.8, 4) is 5.75 Å². The first-order chi connectivity index (χ1) is 7.69. The zero-order valence-electron chi connectivity index (χ0n) is 10.0. The summed E-state index contributed by atoms with van der Waals surface area (Å²) >= 11 is 0. The largest absolute Gasteiger partial charge is 0.494 e. The van der Waals surface area contributed by atoms with E-state index in [-0.39, 0.29) is 11.9 Å². The van der Waals surface area contributed by atoms with Crippen LogP contribution in [0.25, 0.3) is 0 Å². The molecule has 3 heteroatoms. The first-order valence-corrected chi connectivity index (χ1v) is 5.76. The first kappa shape index (κ1) is 13.0. The summed E-state index contributed by atoms with van der Waals surface area (Å²) < 4.78 is 18.7. The number of hydrogen-bond acceptors (Lipinski definition) is 2.